The van der Waals surface area contributed by atoms with Crippen molar-refractivity contribution in [3.8, 4) is 6.07 Å². The zero-order valence-electron chi connectivity index (χ0n) is 22.0. The summed E-state index contributed by atoms with van der Waals surface area (Å²) in [5.74, 6) is 2.03. The van der Waals surface area contributed by atoms with E-state index in [9.17, 15) is 18.5 Å². The fraction of sp³-hybridized carbons (Fsp3) is 0.577. The van der Waals surface area contributed by atoms with Gasteiger partial charge in [-0.25, -0.2) is 23.4 Å². The van der Waals surface area contributed by atoms with E-state index in [-0.39, 0.29) is 23.4 Å². The molecule has 1 spiro atoms. The number of amides is 1. The summed E-state index contributed by atoms with van der Waals surface area (Å²) >= 11 is 0. The highest BCUT2D eigenvalue weighted by molar-refractivity contribution is 7.92. The molecule has 4 heterocycles. The van der Waals surface area contributed by atoms with Crippen molar-refractivity contribution in [1.29, 1.82) is 5.26 Å². The molecule has 1 saturated carbocycles. The number of piperazine rings is 1. The molecule has 0 bridgehead atoms. The summed E-state index contributed by atoms with van der Waals surface area (Å²) in [5, 5.41) is 9.39. The number of carbonyl (C=O) groups excluding carboxylic acids is 1. The number of anilines is 3. The number of rotatable bonds is 4. The Balaban J connectivity index is 1.50. The molecule has 0 aromatic carbocycles. The topological polar surface area (TPSA) is 123 Å². The normalized spacial score (nSPS) is 23.0. The van der Waals surface area contributed by atoms with Crippen LogP contribution in [0.25, 0.3) is 0 Å². The van der Waals surface area contributed by atoms with Gasteiger partial charge in [-0.05, 0) is 52.7 Å². The molecule has 1 saturated heterocycles. The van der Waals surface area contributed by atoms with Crippen molar-refractivity contribution >= 4 is 33.2 Å². The van der Waals surface area contributed by atoms with Gasteiger partial charge >= 0.3 is 0 Å². The lowest BCUT2D eigenvalue weighted by Gasteiger charge is -2.48. The molecule has 2 aromatic heterocycles. The van der Waals surface area contributed by atoms with Gasteiger partial charge in [0.2, 0.25) is 5.91 Å². The summed E-state index contributed by atoms with van der Waals surface area (Å²) in [6.45, 7) is 8.65. The fourth-order valence-corrected chi connectivity index (χ4v) is 6.20. The smallest absolute Gasteiger partial charge is 0.243 e. The van der Waals surface area contributed by atoms with Crippen molar-refractivity contribution in [1.82, 2.24) is 19.9 Å². The summed E-state index contributed by atoms with van der Waals surface area (Å²) < 4.78 is 23.2. The summed E-state index contributed by atoms with van der Waals surface area (Å²) in [7, 11) is -3.57. The van der Waals surface area contributed by atoms with E-state index in [1.54, 1.807) is 29.6 Å². The van der Waals surface area contributed by atoms with E-state index >= 15 is 0 Å². The van der Waals surface area contributed by atoms with Crippen molar-refractivity contribution in [2.45, 2.75) is 69.2 Å². The van der Waals surface area contributed by atoms with Gasteiger partial charge in [0.05, 0.1) is 11.6 Å². The number of aromatic nitrogens is 3. The van der Waals surface area contributed by atoms with Gasteiger partial charge < -0.3 is 14.7 Å². The third-order valence-electron chi connectivity index (χ3n) is 8.48. The molecule has 37 heavy (non-hydrogen) atoms. The molecule has 0 N–H and O–H groups in total. The molecule has 3 aliphatic rings. The highest BCUT2D eigenvalue weighted by Gasteiger charge is 2.52. The van der Waals surface area contributed by atoms with Crippen LogP contribution in [-0.4, -0.2) is 76.9 Å². The van der Waals surface area contributed by atoms with E-state index < -0.39 is 14.6 Å². The van der Waals surface area contributed by atoms with Crippen LogP contribution < -0.4 is 9.80 Å². The number of pyridine rings is 1. The zero-order chi connectivity index (χ0) is 26.8. The molecule has 0 radical (unpaired) electrons. The van der Waals surface area contributed by atoms with Crippen LogP contribution in [0.4, 0.5) is 17.5 Å². The quantitative estimate of drug-likeness (QED) is 0.595. The van der Waals surface area contributed by atoms with E-state index in [0.717, 1.165) is 49.3 Å². The van der Waals surface area contributed by atoms with Gasteiger partial charge in [0.15, 0.2) is 9.84 Å². The maximum atomic E-state index is 13.3. The molecule has 2 aliphatic heterocycles. The number of hydrogen-bond acceptors (Lipinski definition) is 9. The fourth-order valence-electron chi connectivity index (χ4n) is 5.77. The minimum absolute atomic E-state index is 0.0688. The molecule has 10 nitrogen and oxygen atoms in total. The lowest BCUT2D eigenvalue weighted by Crippen LogP contribution is -2.63. The summed E-state index contributed by atoms with van der Waals surface area (Å²) in [4.78, 5) is 33.4. The second-order valence-corrected chi connectivity index (χ2v) is 13.8. The largest absolute Gasteiger partial charge is 0.350 e. The van der Waals surface area contributed by atoms with Crippen LogP contribution in [0.15, 0.2) is 24.7 Å². The third-order valence-corrected chi connectivity index (χ3v) is 10.5. The molecular weight excluding hydrogens is 490 g/mol. The van der Waals surface area contributed by atoms with E-state index in [1.165, 1.54) is 13.8 Å². The number of nitrogens with zero attached hydrogens (tertiary/aromatic N) is 7. The number of hydrogen-bond donors (Lipinski definition) is 0. The minimum atomic E-state index is -3.57. The predicted molar refractivity (Wildman–Crippen MR) is 140 cm³/mol. The number of nitriles is 1. The Kier molecular flexibility index (Phi) is 5.94. The molecular formula is C26H33N7O3S. The second-order valence-electron chi connectivity index (χ2n) is 11.2. The van der Waals surface area contributed by atoms with Gasteiger partial charge in [0, 0.05) is 55.1 Å². The van der Waals surface area contributed by atoms with Crippen LogP contribution >= 0.6 is 0 Å². The van der Waals surface area contributed by atoms with Gasteiger partial charge in [-0.2, -0.15) is 5.26 Å². The number of sulfone groups is 1. The Morgan fingerprint density at radius 2 is 1.84 bits per heavy atom. The Morgan fingerprint density at radius 3 is 2.46 bits per heavy atom. The molecule has 5 rings (SSSR count). The molecule has 2 aromatic rings. The Bertz CT molecular complexity index is 1400. The van der Waals surface area contributed by atoms with Crippen molar-refractivity contribution < 1.29 is 13.2 Å². The van der Waals surface area contributed by atoms with Gasteiger partial charge in [-0.3, -0.25) is 4.79 Å². The highest BCUT2D eigenvalue weighted by atomic mass is 32.2. The lowest BCUT2D eigenvalue weighted by atomic mass is 9.66. The Labute approximate surface area is 218 Å². The van der Waals surface area contributed by atoms with Gasteiger partial charge in [-0.15, -0.1) is 0 Å². The maximum absolute atomic E-state index is 13.3. The second kappa shape index (κ2) is 8.65. The molecule has 196 valence electrons. The number of fused-ring (bicyclic) bond motifs is 2. The SMILES string of the molecule is C[C@@H]1CN(c2ncnc3c2C2(CCC2)CN3c2cc(C#N)ccn2)[C@@H](C)CN1C(=O)C(C)(C)S(C)(=O)=O. The van der Waals surface area contributed by atoms with Crippen molar-refractivity contribution in [3.63, 3.8) is 0 Å². The predicted octanol–water partition coefficient (Wildman–Crippen LogP) is 2.57. The van der Waals surface area contributed by atoms with Gasteiger partial charge in [-0.1, -0.05) is 6.42 Å². The summed E-state index contributed by atoms with van der Waals surface area (Å²) in [6, 6.07) is 5.42. The first-order valence-corrected chi connectivity index (χ1v) is 14.6. The number of carbonyl (C=O) groups is 1. The first-order valence-electron chi connectivity index (χ1n) is 12.7. The molecule has 11 heteroatoms. The zero-order valence-corrected chi connectivity index (χ0v) is 22.8. The molecule has 2 fully saturated rings. The van der Waals surface area contributed by atoms with Gasteiger partial charge in [0.1, 0.15) is 28.5 Å². The van der Waals surface area contributed by atoms with E-state index in [2.05, 4.69) is 25.8 Å². The van der Waals surface area contributed by atoms with E-state index in [1.807, 2.05) is 13.8 Å². The first-order chi connectivity index (χ1) is 17.4. The molecule has 2 atom stereocenters. The maximum Gasteiger partial charge on any atom is 0.243 e. The lowest BCUT2D eigenvalue weighted by molar-refractivity contribution is -0.136. The highest BCUT2D eigenvalue weighted by Crippen LogP contribution is 2.56. The third kappa shape index (κ3) is 3.93. The monoisotopic (exact) mass is 523 g/mol. The Hall–Kier alpha value is -3.26. The van der Waals surface area contributed by atoms with E-state index in [4.69, 9.17) is 4.98 Å². The Morgan fingerprint density at radius 1 is 1.14 bits per heavy atom. The average molecular weight is 524 g/mol. The molecule has 0 unspecified atom stereocenters. The van der Waals surface area contributed by atoms with Crippen LogP contribution in [0.1, 0.15) is 58.1 Å². The first kappa shape index (κ1) is 25.4. The van der Waals surface area contributed by atoms with Crippen LogP contribution in [0, 0.1) is 11.3 Å². The van der Waals surface area contributed by atoms with Crippen LogP contribution in [-0.2, 0) is 20.0 Å². The van der Waals surface area contributed by atoms with Crippen LogP contribution in [0.3, 0.4) is 0 Å². The van der Waals surface area contributed by atoms with E-state index in [0.29, 0.717) is 24.5 Å². The van der Waals surface area contributed by atoms with Crippen LogP contribution in [0.2, 0.25) is 0 Å². The van der Waals surface area contributed by atoms with Gasteiger partial charge in [0.25, 0.3) is 0 Å². The summed E-state index contributed by atoms with van der Waals surface area (Å²) in [6.07, 6.45) is 7.53. The van der Waals surface area contributed by atoms with Crippen molar-refractivity contribution in [2.75, 3.05) is 35.7 Å². The summed E-state index contributed by atoms with van der Waals surface area (Å²) in [5.41, 5.74) is 1.58. The molecule has 1 aliphatic carbocycles. The molecule has 1 amide bonds. The minimum Gasteiger partial charge on any atom is -0.350 e. The van der Waals surface area contributed by atoms with Crippen LogP contribution in [0.5, 0.6) is 0 Å². The standard InChI is InChI=1S/C26H33N7O3S/c1-17-14-32(24(34)25(3,4)37(5,35)36)18(2)13-31(17)22-21-23(30-16-29-22)33(15-26(21)8-6-9-26)20-11-19(12-27)7-10-28-20/h7,10-11,16-18H,6,8-9,13-15H2,1-5H3/t17-,18+/m0/s1. The van der Waals surface area contributed by atoms with Crippen molar-refractivity contribution in [3.05, 3.63) is 35.8 Å². The average Bonchev–Trinajstić information content (AvgIpc) is 3.20. The van der Waals surface area contributed by atoms with Crippen molar-refractivity contribution in [2.24, 2.45) is 0 Å².